The molecule has 2 aromatic heterocycles. The van der Waals surface area contributed by atoms with Crippen molar-refractivity contribution in [3.63, 3.8) is 0 Å². The first-order valence-electron chi connectivity index (χ1n) is 13.6. The first kappa shape index (κ1) is 27.3. The van der Waals surface area contributed by atoms with Gasteiger partial charge in [0.05, 0.1) is 10.5 Å². The van der Waals surface area contributed by atoms with E-state index in [4.69, 9.17) is 0 Å². The molecule has 0 fully saturated rings. The van der Waals surface area contributed by atoms with Crippen LogP contribution in [0.3, 0.4) is 0 Å². The zero-order valence-corrected chi connectivity index (χ0v) is 23.6. The van der Waals surface area contributed by atoms with Crippen LogP contribution in [-0.4, -0.2) is 4.92 Å². The van der Waals surface area contributed by atoms with Gasteiger partial charge in [-0.05, 0) is 82.5 Å². The van der Waals surface area contributed by atoms with Crippen molar-refractivity contribution in [1.82, 2.24) is 0 Å². The highest BCUT2D eigenvalue weighted by molar-refractivity contribution is 7.14. The maximum absolute atomic E-state index is 12.0. The van der Waals surface area contributed by atoms with Crippen LogP contribution in [0.5, 0.6) is 0 Å². The van der Waals surface area contributed by atoms with Crippen molar-refractivity contribution in [2.45, 2.75) is 78.1 Å². The van der Waals surface area contributed by atoms with Gasteiger partial charge in [-0.15, -0.1) is 22.7 Å². The molecule has 2 heterocycles. The molecular weight excluding hydrogens is 494 g/mol. The minimum absolute atomic E-state index is 0.161. The van der Waals surface area contributed by atoms with Gasteiger partial charge in [0.15, 0.2) is 0 Å². The van der Waals surface area contributed by atoms with Gasteiger partial charge in [0.1, 0.15) is 0 Å². The highest BCUT2D eigenvalue weighted by Gasteiger charge is 2.18. The Hall–Kier alpha value is -2.76. The molecule has 0 atom stereocenters. The molecule has 37 heavy (non-hydrogen) atoms. The molecule has 2 aromatic carbocycles. The van der Waals surface area contributed by atoms with E-state index in [1.165, 1.54) is 67.4 Å². The number of hydrogen-bond acceptors (Lipinski definition) is 4. The predicted molar refractivity (Wildman–Crippen MR) is 161 cm³/mol. The summed E-state index contributed by atoms with van der Waals surface area (Å²) in [5.74, 6) is 0. The number of thiophene rings is 2. The van der Waals surface area contributed by atoms with Crippen molar-refractivity contribution in [3.05, 3.63) is 86.6 Å². The van der Waals surface area contributed by atoms with Crippen molar-refractivity contribution in [2.24, 2.45) is 0 Å². The fraction of sp³-hybridized carbons (Fsp3) is 0.375. The van der Waals surface area contributed by atoms with Crippen LogP contribution in [0, 0.1) is 10.1 Å². The summed E-state index contributed by atoms with van der Waals surface area (Å²) in [5, 5.41) is 16.5. The van der Waals surface area contributed by atoms with Crippen LogP contribution in [0.1, 0.15) is 76.3 Å². The molecule has 0 saturated heterocycles. The second kappa shape index (κ2) is 13.7. The number of hydrogen-bond donors (Lipinski definition) is 0. The van der Waals surface area contributed by atoms with Gasteiger partial charge in [-0.25, -0.2) is 0 Å². The van der Waals surface area contributed by atoms with E-state index in [1.54, 1.807) is 28.7 Å². The lowest BCUT2D eigenvalue weighted by atomic mass is 9.99. The van der Waals surface area contributed by atoms with E-state index in [1.807, 2.05) is 24.3 Å². The topological polar surface area (TPSA) is 43.1 Å². The van der Waals surface area contributed by atoms with Crippen LogP contribution >= 0.6 is 22.7 Å². The maximum atomic E-state index is 12.0. The molecule has 0 aliphatic rings. The van der Waals surface area contributed by atoms with Gasteiger partial charge >= 0.3 is 0 Å². The number of nitro groups is 1. The van der Waals surface area contributed by atoms with Gasteiger partial charge in [-0.1, -0.05) is 82.7 Å². The smallest absolute Gasteiger partial charge is 0.258 e. The van der Waals surface area contributed by atoms with E-state index in [9.17, 15) is 10.1 Å². The SMILES string of the molecule is CCCCCCc1csc(-c2ccc(-c3ccc(-c4cc(CCCCCC)cs4)cc3[N+](=O)[O-])cc2)c1. The Bertz CT molecular complexity index is 1290. The quantitative estimate of drug-likeness (QED) is 0.0922. The van der Waals surface area contributed by atoms with Gasteiger partial charge in [0.2, 0.25) is 0 Å². The highest BCUT2D eigenvalue weighted by atomic mass is 32.1. The number of rotatable bonds is 14. The summed E-state index contributed by atoms with van der Waals surface area (Å²) in [6.07, 6.45) is 12.3. The molecular formula is C32H37NO2S2. The second-order valence-corrected chi connectivity index (χ2v) is 11.6. The molecule has 194 valence electrons. The number of nitro benzene ring substituents is 1. The monoisotopic (exact) mass is 531 g/mol. The molecule has 0 radical (unpaired) electrons. The molecule has 0 aliphatic carbocycles. The predicted octanol–water partition coefficient (Wildman–Crippen LogP) is 11.0. The highest BCUT2D eigenvalue weighted by Crippen LogP contribution is 2.37. The van der Waals surface area contributed by atoms with Crippen LogP contribution in [0.25, 0.3) is 32.0 Å². The molecule has 4 rings (SSSR count). The van der Waals surface area contributed by atoms with Crippen molar-refractivity contribution in [1.29, 1.82) is 0 Å². The van der Waals surface area contributed by atoms with E-state index in [0.29, 0.717) is 5.56 Å². The number of benzene rings is 2. The third-order valence-electron chi connectivity index (χ3n) is 6.90. The summed E-state index contributed by atoms with van der Waals surface area (Å²) in [4.78, 5) is 14.1. The molecule has 0 unspecified atom stereocenters. The van der Waals surface area contributed by atoms with Crippen LogP contribution in [0.2, 0.25) is 0 Å². The molecule has 0 spiro atoms. The normalized spacial score (nSPS) is 11.2. The zero-order chi connectivity index (χ0) is 26.0. The Labute approximate surface area is 229 Å². The van der Waals surface area contributed by atoms with Crippen LogP contribution in [0.4, 0.5) is 5.69 Å². The van der Waals surface area contributed by atoms with E-state index < -0.39 is 0 Å². The van der Waals surface area contributed by atoms with Gasteiger partial charge < -0.3 is 0 Å². The average molecular weight is 532 g/mol. The van der Waals surface area contributed by atoms with E-state index in [0.717, 1.165) is 34.4 Å². The Balaban J connectivity index is 1.48. The third-order valence-corrected chi connectivity index (χ3v) is 8.96. The third kappa shape index (κ3) is 7.39. The lowest BCUT2D eigenvalue weighted by Crippen LogP contribution is -1.93. The Morgan fingerprint density at radius 1 is 0.649 bits per heavy atom. The molecule has 0 N–H and O–H groups in total. The molecule has 3 nitrogen and oxygen atoms in total. The molecule has 0 amide bonds. The molecule has 0 saturated carbocycles. The summed E-state index contributed by atoms with van der Waals surface area (Å²) in [6, 6.07) is 18.4. The lowest BCUT2D eigenvalue weighted by Gasteiger charge is -2.07. The molecule has 0 aliphatic heterocycles. The standard InChI is InChI=1S/C32H37NO2S2/c1-3-5-7-9-11-24-19-31(36-22-24)27-15-13-26(14-16-27)29-18-17-28(21-30(29)33(34)35)32-20-25(23-37-32)12-10-8-6-4-2/h13-23H,3-12H2,1-2H3. The van der Waals surface area contributed by atoms with Crippen molar-refractivity contribution < 1.29 is 4.92 Å². The Kier molecular flexibility index (Phi) is 10.1. The summed E-state index contributed by atoms with van der Waals surface area (Å²) in [5.41, 5.74) is 6.52. The van der Waals surface area contributed by atoms with Crippen molar-refractivity contribution in [2.75, 3.05) is 0 Å². The van der Waals surface area contributed by atoms with Crippen molar-refractivity contribution in [3.8, 4) is 32.0 Å². The number of nitrogens with zero attached hydrogens (tertiary/aromatic N) is 1. The largest absolute Gasteiger partial charge is 0.277 e. The minimum Gasteiger partial charge on any atom is -0.258 e. The van der Waals surface area contributed by atoms with Crippen molar-refractivity contribution >= 4 is 28.4 Å². The summed E-state index contributed by atoms with van der Waals surface area (Å²) in [7, 11) is 0. The van der Waals surface area contributed by atoms with E-state index in [-0.39, 0.29) is 10.6 Å². The molecule has 4 aromatic rings. The fourth-order valence-corrected chi connectivity index (χ4v) is 6.62. The molecule has 0 bridgehead atoms. The number of unbranched alkanes of at least 4 members (excludes halogenated alkanes) is 6. The first-order valence-corrected chi connectivity index (χ1v) is 15.4. The first-order chi connectivity index (χ1) is 18.1. The fourth-order valence-electron chi connectivity index (χ4n) is 4.72. The zero-order valence-electron chi connectivity index (χ0n) is 22.0. The maximum Gasteiger partial charge on any atom is 0.277 e. The van der Waals surface area contributed by atoms with E-state index >= 15 is 0 Å². The van der Waals surface area contributed by atoms with Crippen LogP contribution in [-0.2, 0) is 12.8 Å². The van der Waals surface area contributed by atoms with Crippen LogP contribution < -0.4 is 0 Å². The molecule has 5 heteroatoms. The average Bonchev–Trinajstić information content (AvgIpc) is 3.59. The minimum atomic E-state index is -0.254. The number of aryl methyl sites for hydroxylation is 2. The second-order valence-electron chi connectivity index (χ2n) is 9.83. The van der Waals surface area contributed by atoms with E-state index in [2.05, 4.69) is 48.9 Å². The lowest BCUT2D eigenvalue weighted by molar-refractivity contribution is -0.384. The van der Waals surface area contributed by atoms with Gasteiger partial charge in [-0.2, -0.15) is 0 Å². The Morgan fingerprint density at radius 3 is 1.70 bits per heavy atom. The summed E-state index contributed by atoms with van der Waals surface area (Å²) >= 11 is 3.45. The van der Waals surface area contributed by atoms with Crippen LogP contribution in [0.15, 0.2) is 65.4 Å². The van der Waals surface area contributed by atoms with Gasteiger partial charge in [0.25, 0.3) is 5.69 Å². The Morgan fingerprint density at radius 2 is 1.16 bits per heavy atom. The van der Waals surface area contributed by atoms with Gasteiger partial charge in [-0.3, -0.25) is 10.1 Å². The van der Waals surface area contributed by atoms with Gasteiger partial charge in [0, 0.05) is 15.8 Å². The summed E-state index contributed by atoms with van der Waals surface area (Å²) in [6.45, 7) is 4.47. The summed E-state index contributed by atoms with van der Waals surface area (Å²) < 4.78 is 0.